The van der Waals surface area contributed by atoms with Gasteiger partial charge in [-0.15, -0.1) is 0 Å². The fourth-order valence-corrected chi connectivity index (χ4v) is 5.14. The SMILES string of the molecule is COc1cc(/C=C\C(=O)NCCN2CCN(S(=O)(=O)c3ccccc3)CC2)cc(OC)c1OC. The van der Waals surface area contributed by atoms with Gasteiger partial charge in [0.1, 0.15) is 0 Å². The normalized spacial score (nSPS) is 15.3. The quantitative estimate of drug-likeness (QED) is 0.509. The van der Waals surface area contributed by atoms with Crippen molar-refractivity contribution in [3.63, 3.8) is 0 Å². The first-order chi connectivity index (χ1) is 16.4. The molecule has 2 aromatic carbocycles. The zero-order chi connectivity index (χ0) is 24.6. The zero-order valence-electron chi connectivity index (χ0n) is 19.7. The third kappa shape index (κ3) is 6.28. The Morgan fingerprint density at radius 3 is 2.15 bits per heavy atom. The number of sulfonamides is 1. The molecule has 0 aromatic heterocycles. The molecule has 1 fully saturated rings. The van der Waals surface area contributed by atoms with Crippen LogP contribution in [0.25, 0.3) is 6.08 Å². The Kier molecular flexibility index (Phi) is 8.91. The molecule has 0 unspecified atom stereocenters. The van der Waals surface area contributed by atoms with Gasteiger partial charge in [0, 0.05) is 45.3 Å². The minimum Gasteiger partial charge on any atom is -0.493 e. The number of hydrogen-bond donors (Lipinski definition) is 1. The smallest absolute Gasteiger partial charge is 0.244 e. The van der Waals surface area contributed by atoms with Crippen molar-refractivity contribution in [2.45, 2.75) is 4.90 Å². The maximum atomic E-state index is 12.7. The van der Waals surface area contributed by atoms with Gasteiger partial charge < -0.3 is 19.5 Å². The summed E-state index contributed by atoms with van der Waals surface area (Å²) >= 11 is 0. The highest BCUT2D eigenvalue weighted by molar-refractivity contribution is 7.89. The minimum absolute atomic E-state index is 0.223. The van der Waals surface area contributed by atoms with E-state index in [1.165, 1.54) is 31.7 Å². The molecule has 1 aliphatic rings. The van der Waals surface area contributed by atoms with E-state index in [9.17, 15) is 13.2 Å². The monoisotopic (exact) mass is 489 g/mol. The Bertz CT molecular complexity index is 1070. The van der Waals surface area contributed by atoms with Gasteiger partial charge in [-0.25, -0.2) is 8.42 Å². The summed E-state index contributed by atoms with van der Waals surface area (Å²) in [5.41, 5.74) is 0.736. The van der Waals surface area contributed by atoms with Crippen LogP contribution in [0, 0.1) is 0 Å². The molecule has 0 aliphatic carbocycles. The molecule has 0 atom stereocenters. The molecule has 2 aromatic rings. The first kappa shape index (κ1) is 25.5. The fraction of sp³-hybridized carbons (Fsp3) is 0.375. The predicted molar refractivity (Wildman–Crippen MR) is 130 cm³/mol. The Morgan fingerprint density at radius 1 is 0.971 bits per heavy atom. The molecule has 1 saturated heterocycles. The van der Waals surface area contributed by atoms with Crippen molar-refractivity contribution < 1.29 is 27.4 Å². The number of nitrogens with zero attached hydrogens (tertiary/aromatic N) is 2. The van der Waals surface area contributed by atoms with E-state index in [1.807, 2.05) is 0 Å². The highest BCUT2D eigenvalue weighted by Crippen LogP contribution is 2.38. The van der Waals surface area contributed by atoms with Crippen LogP contribution < -0.4 is 19.5 Å². The Labute approximate surface area is 201 Å². The third-order valence-corrected chi connectivity index (χ3v) is 7.47. The van der Waals surface area contributed by atoms with E-state index in [1.54, 1.807) is 48.5 Å². The Balaban J connectivity index is 1.46. The number of benzene rings is 2. The molecular formula is C24H31N3O6S. The highest BCUT2D eigenvalue weighted by Gasteiger charge is 2.28. The van der Waals surface area contributed by atoms with Gasteiger partial charge >= 0.3 is 0 Å². The molecule has 1 N–H and O–H groups in total. The van der Waals surface area contributed by atoms with Crippen LogP contribution in [0.1, 0.15) is 5.56 Å². The summed E-state index contributed by atoms with van der Waals surface area (Å²) in [4.78, 5) is 14.7. The molecule has 34 heavy (non-hydrogen) atoms. The lowest BCUT2D eigenvalue weighted by Crippen LogP contribution is -2.50. The van der Waals surface area contributed by atoms with Crippen LogP contribution in [-0.4, -0.2) is 84.1 Å². The van der Waals surface area contributed by atoms with Crippen LogP contribution in [0.3, 0.4) is 0 Å². The molecule has 0 spiro atoms. The second-order valence-electron chi connectivity index (χ2n) is 7.64. The predicted octanol–water partition coefficient (Wildman–Crippen LogP) is 1.85. The first-order valence-corrected chi connectivity index (χ1v) is 12.4. The molecule has 184 valence electrons. The van der Waals surface area contributed by atoms with Gasteiger partial charge in [0.2, 0.25) is 21.7 Å². The van der Waals surface area contributed by atoms with E-state index >= 15 is 0 Å². The summed E-state index contributed by atoms with van der Waals surface area (Å²) in [6.07, 6.45) is 3.12. The summed E-state index contributed by atoms with van der Waals surface area (Å²) in [7, 11) is 1.14. The standard InChI is InChI=1S/C24H31N3O6S/c1-31-21-17-19(18-22(32-2)24(21)33-3)9-10-23(28)25-11-12-26-13-15-27(16-14-26)34(29,30)20-7-5-4-6-8-20/h4-10,17-18H,11-16H2,1-3H3,(H,25,28)/b10-9-. The lowest BCUT2D eigenvalue weighted by molar-refractivity contribution is -0.116. The van der Waals surface area contributed by atoms with Gasteiger partial charge in [0.15, 0.2) is 11.5 Å². The van der Waals surface area contributed by atoms with Crippen LogP contribution in [0.4, 0.5) is 0 Å². The van der Waals surface area contributed by atoms with Crippen molar-refractivity contribution in [1.29, 1.82) is 0 Å². The van der Waals surface area contributed by atoms with Gasteiger partial charge in [0.25, 0.3) is 0 Å². The number of hydrogen-bond acceptors (Lipinski definition) is 7. The van der Waals surface area contributed by atoms with Crippen molar-refractivity contribution in [2.75, 3.05) is 60.6 Å². The zero-order valence-corrected chi connectivity index (χ0v) is 20.5. The summed E-state index contributed by atoms with van der Waals surface area (Å²) in [6, 6.07) is 12.0. The second-order valence-corrected chi connectivity index (χ2v) is 9.58. The van der Waals surface area contributed by atoms with Crippen LogP contribution in [-0.2, 0) is 14.8 Å². The summed E-state index contributed by atoms with van der Waals surface area (Å²) < 4.78 is 42.9. The number of carbonyl (C=O) groups excluding carboxylic acids is 1. The number of amides is 1. The number of nitrogens with one attached hydrogen (secondary N) is 1. The molecule has 0 radical (unpaired) electrons. The summed E-state index contributed by atoms with van der Waals surface area (Å²) in [5, 5.41) is 2.86. The van der Waals surface area contributed by atoms with E-state index < -0.39 is 10.0 Å². The lowest BCUT2D eigenvalue weighted by Gasteiger charge is -2.33. The second kappa shape index (κ2) is 11.9. The van der Waals surface area contributed by atoms with Crippen molar-refractivity contribution in [3.8, 4) is 17.2 Å². The molecule has 0 bridgehead atoms. The van der Waals surface area contributed by atoms with Crippen LogP contribution in [0.15, 0.2) is 53.4 Å². The molecule has 3 rings (SSSR count). The van der Waals surface area contributed by atoms with Gasteiger partial charge in [-0.05, 0) is 35.9 Å². The average Bonchev–Trinajstić information content (AvgIpc) is 2.87. The summed E-state index contributed by atoms with van der Waals surface area (Å²) in [5.74, 6) is 1.29. The number of carbonyl (C=O) groups is 1. The van der Waals surface area contributed by atoms with E-state index in [0.717, 1.165) is 5.56 Å². The first-order valence-electron chi connectivity index (χ1n) is 10.9. The molecule has 1 aliphatic heterocycles. The van der Waals surface area contributed by atoms with E-state index in [0.29, 0.717) is 61.4 Å². The maximum absolute atomic E-state index is 12.7. The molecule has 9 nitrogen and oxygen atoms in total. The topological polar surface area (TPSA) is 97.4 Å². The minimum atomic E-state index is -3.47. The van der Waals surface area contributed by atoms with Gasteiger partial charge in [-0.3, -0.25) is 9.69 Å². The Hall–Kier alpha value is -3.08. The van der Waals surface area contributed by atoms with E-state index in [4.69, 9.17) is 14.2 Å². The molecule has 1 amide bonds. The van der Waals surface area contributed by atoms with Crippen molar-refractivity contribution in [3.05, 3.63) is 54.1 Å². The number of methoxy groups -OCH3 is 3. The maximum Gasteiger partial charge on any atom is 0.244 e. The van der Waals surface area contributed by atoms with Crippen molar-refractivity contribution >= 4 is 22.0 Å². The number of rotatable bonds is 10. The van der Waals surface area contributed by atoms with Crippen molar-refractivity contribution in [2.24, 2.45) is 0 Å². The van der Waals surface area contributed by atoms with E-state index in [-0.39, 0.29) is 5.91 Å². The van der Waals surface area contributed by atoms with Gasteiger partial charge in [0.05, 0.1) is 26.2 Å². The number of ether oxygens (including phenoxy) is 3. The molecule has 10 heteroatoms. The van der Waals surface area contributed by atoms with E-state index in [2.05, 4.69) is 10.2 Å². The largest absolute Gasteiger partial charge is 0.493 e. The number of piperazine rings is 1. The average molecular weight is 490 g/mol. The third-order valence-electron chi connectivity index (χ3n) is 5.55. The molecule has 0 saturated carbocycles. The van der Waals surface area contributed by atoms with Crippen LogP contribution in [0.2, 0.25) is 0 Å². The molecular weight excluding hydrogens is 458 g/mol. The van der Waals surface area contributed by atoms with Gasteiger partial charge in [-0.2, -0.15) is 4.31 Å². The Morgan fingerprint density at radius 2 is 1.59 bits per heavy atom. The van der Waals surface area contributed by atoms with Crippen LogP contribution >= 0.6 is 0 Å². The van der Waals surface area contributed by atoms with Gasteiger partial charge in [-0.1, -0.05) is 18.2 Å². The highest BCUT2D eigenvalue weighted by atomic mass is 32.2. The summed E-state index contributed by atoms with van der Waals surface area (Å²) in [6.45, 7) is 3.18. The van der Waals surface area contributed by atoms with Crippen molar-refractivity contribution in [1.82, 2.24) is 14.5 Å². The lowest BCUT2D eigenvalue weighted by atomic mass is 10.1. The molecule has 1 heterocycles. The van der Waals surface area contributed by atoms with Crippen LogP contribution in [0.5, 0.6) is 17.2 Å². The fourth-order valence-electron chi connectivity index (χ4n) is 3.70.